The number of hydrogen-bond acceptors (Lipinski definition) is 5. The standard InChI is InChI=1S/C18H16ClN5O3/c1-12-17(18(25)22(2)11-13-6-3-4-9-16(13)19)20-21-23(12)14-7-5-8-15(10-14)24(26)27/h3-10H,11H2,1-2H3. The molecule has 0 radical (unpaired) electrons. The minimum Gasteiger partial charge on any atom is -0.336 e. The zero-order chi connectivity index (χ0) is 19.6. The molecule has 0 atom stereocenters. The molecule has 0 N–H and O–H groups in total. The quantitative estimate of drug-likeness (QED) is 0.495. The van der Waals surface area contributed by atoms with Crippen molar-refractivity contribution in [2.75, 3.05) is 7.05 Å². The molecule has 2 aromatic carbocycles. The predicted molar refractivity (Wildman–Crippen MR) is 100.0 cm³/mol. The van der Waals surface area contributed by atoms with Crippen LogP contribution in [0.1, 0.15) is 21.7 Å². The molecule has 138 valence electrons. The molecule has 1 heterocycles. The topological polar surface area (TPSA) is 94.2 Å². The molecule has 3 aromatic rings. The minimum absolute atomic E-state index is 0.0638. The van der Waals surface area contributed by atoms with E-state index in [-0.39, 0.29) is 17.3 Å². The van der Waals surface area contributed by atoms with Gasteiger partial charge in [0.15, 0.2) is 5.69 Å². The summed E-state index contributed by atoms with van der Waals surface area (Å²) < 4.78 is 1.41. The highest BCUT2D eigenvalue weighted by Crippen LogP contribution is 2.20. The molecule has 0 aliphatic rings. The number of amides is 1. The second kappa shape index (κ2) is 7.55. The van der Waals surface area contributed by atoms with Crippen molar-refractivity contribution in [3.8, 4) is 5.69 Å². The second-order valence-electron chi connectivity index (χ2n) is 5.96. The van der Waals surface area contributed by atoms with Gasteiger partial charge in [-0.05, 0) is 24.6 Å². The van der Waals surface area contributed by atoms with Gasteiger partial charge in [0.05, 0.1) is 16.3 Å². The van der Waals surface area contributed by atoms with Gasteiger partial charge in [0.1, 0.15) is 0 Å². The maximum Gasteiger partial charge on any atom is 0.276 e. The number of non-ortho nitro benzene ring substituents is 1. The Morgan fingerprint density at radius 2 is 2.00 bits per heavy atom. The van der Waals surface area contributed by atoms with Crippen LogP contribution < -0.4 is 0 Å². The molecule has 0 saturated heterocycles. The molecule has 1 aromatic heterocycles. The molecule has 8 nitrogen and oxygen atoms in total. The van der Waals surface area contributed by atoms with E-state index >= 15 is 0 Å². The molecule has 9 heteroatoms. The van der Waals surface area contributed by atoms with Crippen LogP contribution in [0.3, 0.4) is 0 Å². The van der Waals surface area contributed by atoms with Crippen LogP contribution in [0.4, 0.5) is 5.69 Å². The number of benzene rings is 2. The third kappa shape index (κ3) is 3.80. The maximum absolute atomic E-state index is 12.8. The van der Waals surface area contributed by atoms with Crippen LogP contribution in [0.15, 0.2) is 48.5 Å². The number of nitro groups is 1. The van der Waals surface area contributed by atoms with E-state index in [0.717, 1.165) is 5.56 Å². The van der Waals surface area contributed by atoms with Gasteiger partial charge < -0.3 is 4.90 Å². The molecule has 0 aliphatic carbocycles. The highest BCUT2D eigenvalue weighted by atomic mass is 35.5. The van der Waals surface area contributed by atoms with Crippen LogP contribution >= 0.6 is 11.6 Å². The monoisotopic (exact) mass is 385 g/mol. The SMILES string of the molecule is Cc1c(C(=O)N(C)Cc2ccccc2Cl)nnn1-c1cccc([N+](=O)[O-])c1. The van der Waals surface area contributed by atoms with Gasteiger partial charge in [-0.3, -0.25) is 14.9 Å². The zero-order valence-electron chi connectivity index (χ0n) is 14.7. The van der Waals surface area contributed by atoms with Gasteiger partial charge in [-0.25, -0.2) is 4.68 Å². The first-order chi connectivity index (χ1) is 12.9. The molecule has 3 rings (SSSR count). The van der Waals surface area contributed by atoms with Gasteiger partial charge in [0.2, 0.25) is 0 Å². The number of hydrogen-bond donors (Lipinski definition) is 0. The molecule has 0 aliphatic heterocycles. The van der Waals surface area contributed by atoms with E-state index in [1.54, 1.807) is 32.2 Å². The van der Waals surface area contributed by atoms with Gasteiger partial charge in [0.25, 0.3) is 11.6 Å². The Kier molecular flexibility index (Phi) is 5.18. The minimum atomic E-state index is -0.487. The van der Waals surface area contributed by atoms with Crippen LogP contribution in [0.2, 0.25) is 5.02 Å². The number of halogens is 1. The molecule has 0 unspecified atom stereocenters. The highest BCUT2D eigenvalue weighted by molar-refractivity contribution is 6.31. The normalized spacial score (nSPS) is 10.6. The summed E-state index contributed by atoms with van der Waals surface area (Å²) in [6.07, 6.45) is 0. The Balaban J connectivity index is 1.86. The molecular weight excluding hydrogens is 370 g/mol. The molecule has 0 saturated carbocycles. The van der Waals surface area contributed by atoms with Crippen LogP contribution in [0.5, 0.6) is 0 Å². The second-order valence-corrected chi connectivity index (χ2v) is 6.37. The first-order valence-corrected chi connectivity index (χ1v) is 8.42. The summed E-state index contributed by atoms with van der Waals surface area (Å²) in [5, 5.41) is 19.5. The third-order valence-corrected chi connectivity index (χ3v) is 4.46. The Hall–Kier alpha value is -3.26. The smallest absolute Gasteiger partial charge is 0.276 e. The lowest BCUT2D eigenvalue weighted by Gasteiger charge is -2.17. The molecular formula is C18H16ClN5O3. The molecule has 27 heavy (non-hydrogen) atoms. The van der Waals surface area contributed by atoms with E-state index < -0.39 is 4.92 Å². The zero-order valence-corrected chi connectivity index (χ0v) is 15.4. The fourth-order valence-electron chi connectivity index (χ4n) is 2.65. The number of carbonyl (C=O) groups is 1. The maximum atomic E-state index is 12.8. The van der Waals surface area contributed by atoms with Crippen molar-refractivity contribution < 1.29 is 9.72 Å². The van der Waals surface area contributed by atoms with Crippen molar-refractivity contribution in [3.63, 3.8) is 0 Å². The van der Waals surface area contributed by atoms with E-state index in [9.17, 15) is 14.9 Å². The van der Waals surface area contributed by atoms with Crippen LogP contribution in [-0.2, 0) is 6.54 Å². The Labute approximate surface area is 160 Å². The van der Waals surface area contributed by atoms with Crippen LogP contribution in [-0.4, -0.2) is 37.8 Å². The molecule has 0 spiro atoms. The lowest BCUT2D eigenvalue weighted by molar-refractivity contribution is -0.384. The number of nitrogens with zero attached hydrogens (tertiary/aromatic N) is 5. The van der Waals surface area contributed by atoms with Crippen molar-refractivity contribution >= 4 is 23.2 Å². The average Bonchev–Trinajstić information content (AvgIpc) is 3.04. The fraction of sp³-hybridized carbons (Fsp3) is 0.167. The fourth-order valence-corrected chi connectivity index (χ4v) is 2.84. The van der Waals surface area contributed by atoms with Gasteiger partial charge in [0, 0.05) is 30.7 Å². The van der Waals surface area contributed by atoms with E-state index in [1.165, 1.54) is 21.7 Å². The summed E-state index contributed by atoms with van der Waals surface area (Å²) in [6, 6.07) is 13.3. The van der Waals surface area contributed by atoms with Crippen molar-refractivity contribution in [3.05, 3.63) is 80.6 Å². The van der Waals surface area contributed by atoms with Crippen molar-refractivity contribution in [2.24, 2.45) is 0 Å². The number of aromatic nitrogens is 3. The molecule has 0 fully saturated rings. The van der Waals surface area contributed by atoms with E-state index in [2.05, 4.69) is 10.3 Å². The van der Waals surface area contributed by atoms with Crippen LogP contribution in [0, 0.1) is 17.0 Å². The first kappa shape index (κ1) is 18.5. The molecule has 0 bridgehead atoms. The number of carbonyl (C=O) groups excluding carboxylic acids is 1. The van der Waals surface area contributed by atoms with Gasteiger partial charge in [-0.15, -0.1) is 5.10 Å². The number of nitro benzene ring substituents is 1. The summed E-state index contributed by atoms with van der Waals surface area (Å²) in [5.74, 6) is -0.316. The summed E-state index contributed by atoms with van der Waals surface area (Å²) >= 11 is 6.15. The van der Waals surface area contributed by atoms with Gasteiger partial charge in [-0.2, -0.15) is 0 Å². The van der Waals surface area contributed by atoms with Crippen LogP contribution in [0.25, 0.3) is 5.69 Å². The van der Waals surface area contributed by atoms with Gasteiger partial charge >= 0.3 is 0 Å². The lowest BCUT2D eigenvalue weighted by atomic mass is 10.2. The molecule has 1 amide bonds. The highest BCUT2D eigenvalue weighted by Gasteiger charge is 2.22. The first-order valence-electron chi connectivity index (χ1n) is 8.04. The average molecular weight is 386 g/mol. The van der Waals surface area contributed by atoms with E-state index in [0.29, 0.717) is 22.9 Å². The summed E-state index contributed by atoms with van der Waals surface area (Å²) in [6.45, 7) is 2.01. The third-order valence-electron chi connectivity index (χ3n) is 4.09. The van der Waals surface area contributed by atoms with Crippen molar-refractivity contribution in [1.82, 2.24) is 19.9 Å². The van der Waals surface area contributed by atoms with E-state index in [4.69, 9.17) is 11.6 Å². The lowest BCUT2D eigenvalue weighted by Crippen LogP contribution is -2.27. The predicted octanol–water partition coefficient (Wildman–Crippen LogP) is 3.41. The Bertz CT molecular complexity index is 1020. The van der Waals surface area contributed by atoms with Gasteiger partial charge in [-0.1, -0.05) is 41.1 Å². The van der Waals surface area contributed by atoms with E-state index in [1.807, 2.05) is 18.2 Å². The number of rotatable bonds is 5. The van der Waals surface area contributed by atoms with Crippen molar-refractivity contribution in [1.29, 1.82) is 0 Å². The Morgan fingerprint density at radius 3 is 2.70 bits per heavy atom. The van der Waals surface area contributed by atoms with Crippen molar-refractivity contribution in [2.45, 2.75) is 13.5 Å². The summed E-state index contributed by atoms with van der Waals surface area (Å²) in [4.78, 5) is 24.7. The Morgan fingerprint density at radius 1 is 1.26 bits per heavy atom. The largest absolute Gasteiger partial charge is 0.336 e. The summed E-state index contributed by atoms with van der Waals surface area (Å²) in [7, 11) is 1.65. The summed E-state index contributed by atoms with van der Waals surface area (Å²) in [5.41, 5.74) is 1.88.